The first-order valence-electron chi connectivity index (χ1n) is 2.99. The fraction of sp³-hybridized carbons (Fsp3) is 0.286. The van der Waals surface area contributed by atoms with Crippen LogP contribution >= 0.6 is 31.9 Å². The fourth-order valence-corrected chi connectivity index (χ4v) is 1.56. The molecule has 1 rings (SSSR count). The first-order chi connectivity index (χ1) is 5.04. The third kappa shape index (κ3) is 1.56. The first kappa shape index (κ1) is 9.00. The van der Waals surface area contributed by atoms with Crippen molar-refractivity contribution in [2.75, 3.05) is 0 Å². The van der Waals surface area contributed by atoms with Crippen molar-refractivity contribution in [3.8, 4) is 0 Å². The normalized spacial score (nSPS) is 10.2. The van der Waals surface area contributed by atoms with Crippen molar-refractivity contribution < 1.29 is 4.42 Å². The summed E-state index contributed by atoms with van der Waals surface area (Å²) < 4.78 is 6.19. The molecule has 2 nitrogen and oxygen atoms in total. The topological polar surface area (TPSA) is 30.2 Å². The minimum Gasteiger partial charge on any atom is -0.464 e. The van der Waals surface area contributed by atoms with Gasteiger partial charge in [0.15, 0.2) is 0 Å². The van der Waals surface area contributed by atoms with Gasteiger partial charge >= 0.3 is 0 Å². The van der Waals surface area contributed by atoms with Gasteiger partial charge in [0.05, 0.1) is 0 Å². The Labute approximate surface area is 80.9 Å². The van der Waals surface area contributed by atoms with Gasteiger partial charge in [-0.25, -0.2) is 0 Å². The van der Waals surface area contributed by atoms with Crippen LogP contribution in [0.25, 0.3) is 0 Å². The van der Waals surface area contributed by atoms with Crippen molar-refractivity contribution >= 4 is 31.9 Å². The summed E-state index contributed by atoms with van der Waals surface area (Å²) >= 11 is 6.26. The highest BCUT2D eigenvalue weighted by Gasteiger charge is 2.09. The number of rotatable bonds is 0. The zero-order valence-electron chi connectivity index (χ0n) is 6.07. The van der Waals surface area contributed by atoms with Crippen LogP contribution in [0.4, 0.5) is 0 Å². The Morgan fingerprint density at radius 1 is 1.09 bits per heavy atom. The average molecular weight is 282 g/mol. The van der Waals surface area contributed by atoms with E-state index in [2.05, 4.69) is 31.9 Å². The molecule has 1 heterocycles. The van der Waals surface area contributed by atoms with Gasteiger partial charge in [-0.1, -0.05) is 0 Å². The van der Waals surface area contributed by atoms with E-state index in [9.17, 15) is 4.79 Å². The van der Waals surface area contributed by atoms with Crippen LogP contribution in [0.5, 0.6) is 0 Å². The molecule has 0 aliphatic heterocycles. The first-order valence-corrected chi connectivity index (χ1v) is 4.58. The third-order valence-corrected chi connectivity index (χ3v) is 3.16. The van der Waals surface area contributed by atoms with Crippen molar-refractivity contribution in [2.24, 2.45) is 0 Å². The Kier molecular flexibility index (Phi) is 2.54. The van der Waals surface area contributed by atoms with Gasteiger partial charge in [-0.15, -0.1) is 0 Å². The smallest absolute Gasteiger partial charge is 0.213 e. The molecule has 0 aliphatic carbocycles. The Bertz CT molecular complexity index is 312. The van der Waals surface area contributed by atoms with Gasteiger partial charge in [0, 0.05) is 0 Å². The van der Waals surface area contributed by atoms with Gasteiger partial charge in [0.1, 0.15) is 20.5 Å². The van der Waals surface area contributed by atoms with Crippen LogP contribution < -0.4 is 5.43 Å². The largest absolute Gasteiger partial charge is 0.464 e. The molecule has 0 unspecified atom stereocenters. The maximum atomic E-state index is 11.3. The summed E-state index contributed by atoms with van der Waals surface area (Å²) in [5.74, 6) is 1.21. The summed E-state index contributed by atoms with van der Waals surface area (Å²) in [4.78, 5) is 11.3. The van der Waals surface area contributed by atoms with Gasteiger partial charge in [0.25, 0.3) is 0 Å². The number of aryl methyl sites for hydroxylation is 2. The lowest BCUT2D eigenvalue weighted by molar-refractivity contribution is 0.476. The molecule has 1 aromatic rings. The second-order valence-corrected chi connectivity index (χ2v) is 3.76. The lowest BCUT2D eigenvalue weighted by Gasteiger charge is -2.00. The molecule has 1 aromatic heterocycles. The van der Waals surface area contributed by atoms with E-state index >= 15 is 0 Å². The summed E-state index contributed by atoms with van der Waals surface area (Å²) in [7, 11) is 0. The highest BCUT2D eigenvalue weighted by molar-refractivity contribution is 9.11. The molecule has 0 aromatic carbocycles. The second kappa shape index (κ2) is 3.11. The molecular formula is C7H6Br2O2. The molecule has 0 saturated carbocycles. The summed E-state index contributed by atoms with van der Waals surface area (Å²) in [6, 6.07) is 0. The standard InChI is InChI=1S/C7H6Br2O2/c1-3-5(8)7(10)6(9)4(2)11-3/h1-2H3. The van der Waals surface area contributed by atoms with E-state index in [-0.39, 0.29) is 5.43 Å². The van der Waals surface area contributed by atoms with Crippen molar-refractivity contribution in [3.63, 3.8) is 0 Å². The van der Waals surface area contributed by atoms with E-state index < -0.39 is 0 Å². The number of hydrogen-bond donors (Lipinski definition) is 0. The molecule has 4 heteroatoms. The van der Waals surface area contributed by atoms with Crippen molar-refractivity contribution in [2.45, 2.75) is 13.8 Å². The van der Waals surface area contributed by atoms with E-state index in [0.29, 0.717) is 20.5 Å². The Morgan fingerprint density at radius 3 is 1.82 bits per heavy atom. The molecule has 0 atom stereocenters. The predicted octanol–water partition coefficient (Wildman–Crippen LogP) is 2.78. The molecular weight excluding hydrogens is 276 g/mol. The van der Waals surface area contributed by atoms with E-state index in [0.717, 1.165) is 0 Å². The van der Waals surface area contributed by atoms with Crippen LogP contribution in [0.15, 0.2) is 18.2 Å². The molecule has 11 heavy (non-hydrogen) atoms. The summed E-state index contributed by atoms with van der Waals surface area (Å²) in [6.07, 6.45) is 0. The van der Waals surface area contributed by atoms with Crippen LogP contribution in [0.3, 0.4) is 0 Å². The van der Waals surface area contributed by atoms with E-state index in [4.69, 9.17) is 4.42 Å². The molecule has 0 fully saturated rings. The lowest BCUT2D eigenvalue weighted by Crippen LogP contribution is -2.05. The monoisotopic (exact) mass is 280 g/mol. The van der Waals surface area contributed by atoms with Crippen LogP contribution in [-0.2, 0) is 0 Å². The van der Waals surface area contributed by atoms with Crippen LogP contribution in [0.2, 0.25) is 0 Å². The van der Waals surface area contributed by atoms with Gasteiger partial charge in [-0.3, -0.25) is 4.79 Å². The van der Waals surface area contributed by atoms with E-state index in [1.54, 1.807) is 13.8 Å². The van der Waals surface area contributed by atoms with Crippen molar-refractivity contribution in [1.82, 2.24) is 0 Å². The maximum absolute atomic E-state index is 11.3. The molecule has 0 amide bonds. The van der Waals surface area contributed by atoms with Crippen LogP contribution in [-0.4, -0.2) is 0 Å². The molecule has 0 N–H and O–H groups in total. The quantitative estimate of drug-likeness (QED) is 0.732. The van der Waals surface area contributed by atoms with E-state index in [1.165, 1.54) is 0 Å². The van der Waals surface area contributed by atoms with Gasteiger partial charge in [0.2, 0.25) is 5.43 Å². The lowest BCUT2D eigenvalue weighted by atomic mass is 10.3. The van der Waals surface area contributed by atoms with Crippen LogP contribution in [0.1, 0.15) is 11.5 Å². The fourth-order valence-electron chi connectivity index (χ4n) is 0.735. The third-order valence-electron chi connectivity index (χ3n) is 1.32. The molecule has 0 bridgehead atoms. The maximum Gasteiger partial charge on any atom is 0.213 e. The molecule has 60 valence electrons. The number of hydrogen-bond acceptors (Lipinski definition) is 2. The Morgan fingerprint density at radius 2 is 1.45 bits per heavy atom. The van der Waals surface area contributed by atoms with Gasteiger partial charge in [-0.2, -0.15) is 0 Å². The van der Waals surface area contributed by atoms with Crippen molar-refractivity contribution in [1.29, 1.82) is 0 Å². The zero-order chi connectivity index (χ0) is 8.59. The molecule has 0 radical (unpaired) electrons. The Hall–Kier alpha value is -0.0900. The summed E-state index contributed by atoms with van der Waals surface area (Å²) in [5.41, 5.74) is -0.0637. The minimum atomic E-state index is -0.0637. The van der Waals surface area contributed by atoms with Gasteiger partial charge in [-0.05, 0) is 45.7 Å². The highest BCUT2D eigenvalue weighted by atomic mass is 79.9. The van der Waals surface area contributed by atoms with Gasteiger partial charge < -0.3 is 4.42 Å². The highest BCUT2D eigenvalue weighted by Crippen LogP contribution is 2.18. The summed E-state index contributed by atoms with van der Waals surface area (Å²) in [5, 5.41) is 0. The number of halogens is 2. The average Bonchev–Trinajstić information content (AvgIpc) is 1.97. The summed E-state index contributed by atoms with van der Waals surface area (Å²) in [6.45, 7) is 3.48. The molecule has 0 spiro atoms. The molecule has 0 saturated heterocycles. The molecule has 0 aliphatic rings. The minimum absolute atomic E-state index is 0.0637. The predicted molar refractivity (Wildman–Crippen MR) is 49.9 cm³/mol. The Balaban J connectivity index is 3.59. The van der Waals surface area contributed by atoms with Crippen molar-refractivity contribution in [3.05, 3.63) is 30.7 Å². The van der Waals surface area contributed by atoms with Crippen LogP contribution in [0, 0.1) is 13.8 Å². The van der Waals surface area contributed by atoms with E-state index in [1.807, 2.05) is 0 Å². The SMILES string of the molecule is Cc1oc(C)c(Br)c(=O)c1Br. The second-order valence-electron chi connectivity index (χ2n) is 2.17. The zero-order valence-corrected chi connectivity index (χ0v) is 9.24.